The average molecular weight is 288 g/mol. The van der Waals surface area contributed by atoms with Gasteiger partial charge in [0.05, 0.1) is 5.56 Å². The molecule has 0 radical (unpaired) electrons. The van der Waals surface area contributed by atoms with Gasteiger partial charge in [0, 0.05) is 23.8 Å². The number of anilines is 1. The van der Waals surface area contributed by atoms with Crippen LogP contribution in [0.3, 0.4) is 0 Å². The van der Waals surface area contributed by atoms with Gasteiger partial charge in [-0.2, -0.15) is 0 Å². The SMILES string of the molecule is O=C(O)c1cccc(CN2CCc3cc(Cl)ccc32)c1. The highest BCUT2D eigenvalue weighted by Crippen LogP contribution is 2.31. The Hall–Kier alpha value is -2.00. The predicted molar refractivity (Wildman–Crippen MR) is 79.6 cm³/mol. The smallest absolute Gasteiger partial charge is 0.335 e. The monoisotopic (exact) mass is 287 g/mol. The minimum absolute atomic E-state index is 0.332. The van der Waals surface area contributed by atoms with Crippen molar-refractivity contribution in [2.24, 2.45) is 0 Å². The van der Waals surface area contributed by atoms with E-state index in [1.54, 1.807) is 18.2 Å². The van der Waals surface area contributed by atoms with Crippen LogP contribution < -0.4 is 4.90 Å². The molecular formula is C16H14ClNO2. The van der Waals surface area contributed by atoms with Gasteiger partial charge in [0.2, 0.25) is 0 Å². The zero-order valence-corrected chi connectivity index (χ0v) is 11.6. The Morgan fingerprint density at radius 1 is 1.25 bits per heavy atom. The molecule has 2 aromatic carbocycles. The summed E-state index contributed by atoms with van der Waals surface area (Å²) in [6.07, 6.45) is 0.981. The standard InChI is InChI=1S/C16H14ClNO2/c17-14-4-5-15-12(9-14)6-7-18(15)10-11-2-1-3-13(8-11)16(19)20/h1-5,8-9H,6-7,10H2,(H,19,20). The molecule has 0 aliphatic carbocycles. The van der Waals surface area contributed by atoms with Crippen LogP contribution in [0.5, 0.6) is 0 Å². The second-order valence-electron chi connectivity index (χ2n) is 4.95. The molecule has 1 heterocycles. The molecule has 0 unspecified atom stereocenters. The molecule has 0 fully saturated rings. The molecule has 1 aliphatic heterocycles. The fourth-order valence-electron chi connectivity index (χ4n) is 2.63. The van der Waals surface area contributed by atoms with Crippen LogP contribution in [0, 0.1) is 0 Å². The van der Waals surface area contributed by atoms with Crippen LogP contribution in [0.25, 0.3) is 0 Å². The fraction of sp³-hybridized carbons (Fsp3) is 0.188. The van der Waals surface area contributed by atoms with E-state index < -0.39 is 5.97 Å². The molecule has 0 spiro atoms. The first-order valence-corrected chi connectivity index (χ1v) is 6.87. The Kier molecular flexibility index (Phi) is 3.36. The third kappa shape index (κ3) is 2.49. The topological polar surface area (TPSA) is 40.5 Å². The van der Waals surface area contributed by atoms with Crippen molar-refractivity contribution < 1.29 is 9.90 Å². The number of nitrogens with zero attached hydrogens (tertiary/aromatic N) is 1. The van der Waals surface area contributed by atoms with Gasteiger partial charge in [-0.05, 0) is 47.9 Å². The number of aromatic carboxylic acids is 1. The van der Waals surface area contributed by atoms with Gasteiger partial charge >= 0.3 is 5.97 Å². The van der Waals surface area contributed by atoms with Crippen LogP contribution >= 0.6 is 11.6 Å². The van der Waals surface area contributed by atoms with Crippen molar-refractivity contribution in [3.8, 4) is 0 Å². The number of rotatable bonds is 3. The van der Waals surface area contributed by atoms with Crippen molar-refractivity contribution in [3.63, 3.8) is 0 Å². The van der Waals surface area contributed by atoms with E-state index in [0.29, 0.717) is 5.56 Å². The van der Waals surface area contributed by atoms with E-state index in [2.05, 4.69) is 4.90 Å². The van der Waals surface area contributed by atoms with Gasteiger partial charge in [-0.1, -0.05) is 23.7 Å². The lowest BCUT2D eigenvalue weighted by Gasteiger charge is -2.19. The number of carbonyl (C=O) groups is 1. The highest BCUT2D eigenvalue weighted by molar-refractivity contribution is 6.30. The van der Waals surface area contributed by atoms with Gasteiger partial charge in [-0.15, -0.1) is 0 Å². The molecule has 1 N–H and O–H groups in total. The van der Waals surface area contributed by atoms with E-state index in [0.717, 1.165) is 30.1 Å². The minimum Gasteiger partial charge on any atom is -0.478 e. The van der Waals surface area contributed by atoms with Crippen LogP contribution in [0.15, 0.2) is 42.5 Å². The summed E-state index contributed by atoms with van der Waals surface area (Å²) in [5, 5.41) is 9.79. The summed E-state index contributed by atoms with van der Waals surface area (Å²) in [5.74, 6) is -0.888. The molecule has 2 aromatic rings. The fourth-order valence-corrected chi connectivity index (χ4v) is 2.82. The second-order valence-corrected chi connectivity index (χ2v) is 5.39. The largest absolute Gasteiger partial charge is 0.478 e. The Bertz CT molecular complexity index is 669. The van der Waals surface area contributed by atoms with Crippen molar-refractivity contribution in [2.75, 3.05) is 11.4 Å². The molecule has 0 aromatic heterocycles. The molecule has 3 nitrogen and oxygen atoms in total. The number of hydrogen-bond acceptors (Lipinski definition) is 2. The van der Waals surface area contributed by atoms with E-state index in [-0.39, 0.29) is 0 Å². The van der Waals surface area contributed by atoms with Crippen LogP contribution in [0.1, 0.15) is 21.5 Å². The number of carboxylic acids is 1. The van der Waals surface area contributed by atoms with Crippen LogP contribution in [0.2, 0.25) is 5.02 Å². The first-order chi connectivity index (χ1) is 9.63. The van der Waals surface area contributed by atoms with E-state index in [4.69, 9.17) is 16.7 Å². The number of carboxylic acid groups (broad SMARTS) is 1. The maximum atomic E-state index is 11.0. The molecule has 0 saturated heterocycles. The minimum atomic E-state index is -0.888. The number of halogens is 1. The van der Waals surface area contributed by atoms with Crippen molar-refractivity contribution in [1.82, 2.24) is 0 Å². The van der Waals surface area contributed by atoms with Gasteiger partial charge in [-0.3, -0.25) is 0 Å². The van der Waals surface area contributed by atoms with Crippen LogP contribution in [-0.4, -0.2) is 17.6 Å². The molecular weight excluding hydrogens is 274 g/mol. The predicted octanol–water partition coefficient (Wildman–Crippen LogP) is 3.60. The quantitative estimate of drug-likeness (QED) is 0.938. The number of hydrogen-bond donors (Lipinski definition) is 1. The highest BCUT2D eigenvalue weighted by atomic mass is 35.5. The normalized spacial score (nSPS) is 13.3. The Morgan fingerprint density at radius 2 is 2.10 bits per heavy atom. The van der Waals surface area contributed by atoms with Crippen molar-refractivity contribution >= 4 is 23.3 Å². The van der Waals surface area contributed by atoms with Crippen LogP contribution in [0.4, 0.5) is 5.69 Å². The lowest BCUT2D eigenvalue weighted by molar-refractivity contribution is 0.0697. The summed E-state index contributed by atoms with van der Waals surface area (Å²) in [6, 6.07) is 13.0. The summed E-state index contributed by atoms with van der Waals surface area (Å²) < 4.78 is 0. The van der Waals surface area contributed by atoms with E-state index in [1.165, 1.54) is 11.3 Å². The molecule has 20 heavy (non-hydrogen) atoms. The lowest BCUT2D eigenvalue weighted by atomic mass is 10.1. The highest BCUT2D eigenvalue weighted by Gasteiger charge is 2.19. The van der Waals surface area contributed by atoms with Gasteiger partial charge in [0.1, 0.15) is 0 Å². The summed E-state index contributed by atoms with van der Waals surface area (Å²) in [5.41, 5.74) is 3.78. The van der Waals surface area contributed by atoms with E-state index >= 15 is 0 Å². The Labute approximate surface area is 122 Å². The molecule has 1 aliphatic rings. The molecule has 0 amide bonds. The van der Waals surface area contributed by atoms with Crippen LogP contribution in [-0.2, 0) is 13.0 Å². The summed E-state index contributed by atoms with van der Waals surface area (Å²) in [4.78, 5) is 13.3. The van der Waals surface area contributed by atoms with Crippen molar-refractivity contribution in [1.29, 1.82) is 0 Å². The molecule has 102 valence electrons. The van der Waals surface area contributed by atoms with E-state index in [9.17, 15) is 4.79 Å². The zero-order valence-electron chi connectivity index (χ0n) is 10.8. The first kappa shape index (κ1) is 13.0. The summed E-state index contributed by atoms with van der Waals surface area (Å²) in [6.45, 7) is 1.66. The average Bonchev–Trinajstić information content (AvgIpc) is 2.81. The molecule has 0 atom stereocenters. The molecule has 3 rings (SSSR count). The van der Waals surface area contributed by atoms with Gasteiger partial charge in [-0.25, -0.2) is 4.79 Å². The number of fused-ring (bicyclic) bond motifs is 1. The Morgan fingerprint density at radius 3 is 2.90 bits per heavy atom. The third-order valence-corrected chi connectivity index (χ3v) is 3.82. The number of benzene rings is 2. The van der Waals surface area contributed by atoms with Gasteiger partial charge in [0.25, 0.3) is 0 Å². The molecule has 0 saturated carbocycles. The Balaban J connectivity index is 1.84. The van der Waals surface area contributed by atoms with E-state index in [1.807, 2.05) is 24.3 Å². The summed E-state index contributed by atoms with van der Waals surface area (Å²) in [7, 11) is 0. The second kappa shape index (κ2) is 5.17. The molecule has 4 heteroatoms. The maximum Gasteiger partial charge on any atom is 0.335 e. The first-order valence-electron chi connectivity index (χ1n) is 6.49. The van der Waals surface area contributed by atoms with Gasteiger partial charge < -0.3 is 10.0 Å². The third-order valence-electron chi connectivity index (χ3n) is 3.58. The van der Waals surface area contributed by atoms with Crippen molar-refractivity contribution in [2.45, 2.75) is 13.0 Å². The maximum absolute atomic E-state index is 11.0. The summed E-state index contributed by atoms with van der Waals surface area (Å²) >= 11 is 6.00. The van der Waals surface area contributed by atoms with Gasteiger partial charge in [0.15, 0.2) is 0 Å². The zero-order chi connectivity index (χ0) is 14.1. The van der Waals surface area contributed by atoms with Crippen molar-refractivity contribution in [3.05, 3.63) is 64.2 Å². The molecule has 0 bridgehead atoms. The lowest BCUT2D eigenvalue weighted by Crippen LogP contribution is -2.19.